The van der Waals surface area contributed by atoms with Crippen LogP contribution in [-0.2, 0) is 29.4 Å². The van der Waals surface area contributed by atoms with E-state index in [2.05, 4.69) is 15.6 Å². The van der Waals surface area contributed by atoms with Crippen molar-refractivity contribution in [3.63, 3.8) is 0 Å². The maximum Gasteiger partial charge on any atom is 0.416 e. The number of aryl methyl sites for hydroxylation is 1. The molecule has 0 bridgehead atoms. The fourth-order valence-corrected chi connectivity index (χ4v) is 5.90. The number of anilines is 1. The lowest BCUT2D eigenvalue weighted by Crippen LogP contribution is -2.51. The highest BCUT2D eigenvalue weighted by Crippen LogP contribution is 2.34. The van der Waals surface area contributed by atoms with E-state index >= 15 is 0 Å². The monoisotopic (exact) mass is 620 g/mol. The first-order valence-electron chi connectivity index (χ1n) is 15.3. The molecule has 0 radical (unpaired) electrons. The summed E-state index contributed by atoms with van der Waals surface area (Å²) in [6.07, 6.45) is -1.40. The number of carbonyl (C=O) groups excluding carboxylic acids is 2. The summed E-state index contributed by atoms with van der Waals surface area (Å²) in [5.41, 5.74) is 2.52. The Kier molecular flexibility index (Phi) is 9.36. The summed E-state index contributed by atoms with van der Waals surface area (Å²) < 4.78 is 40.1. The highest BCUT2D eigenvalue weighted by atomic mass is 19.4. The van der Waals surface area contributed by atoms with E-state index in [0.717, 1.165) is 47.0 Å². The van der Waals surface area contributed by atoms with Crippen molar-refractivity contribution in [3.05, 3.63) is 101 Å². The molecule has 0 aliphatic carbocycles. The zero-order valence-corrected chi connectivity index (χ0v) is 25.7. The third-order valence-corrected chi connectivity index (χ3v) is 8.61. The Balaban J connectivity index is 1.40. The zero-order valence-electron chi connectivity index (χ0n) is 25.7. The van der Waals surface area contributed by atoms with Gasteiger partial charge in [0, 0.05) is 42.2 Å². The van der Waals surface area contributed by atoms with E-state index in [1.807, 2.05) is 49.5 Å². The molecule has 2 heterocycles. The number of nitrogens with one attached hydrogen (secondary N) is 3. The molecule has 3 aromatic carbocycles. The van der Waals surface area contributed by atoms with Crippen molar-refractivity contribution in [3.8, 4) is 0 Å². The van der Waals surface area contributed by atoms with Gasteiger partial charge < -0.3 is 25.6 Å². The number of aromatic amines is 1. The average Bonchev–Trinajstić information content (AvgIpc) is 3.65. The third kappa shape index (κ3) is 7.23. The van der Waals surface area contributed by atoms with Gasteiger partial charge >= 0.3 is 6.18 Å². The SMILES string of the molecule is CCc1c[nH]c2c(N3CCCC3=O)cc(C(=O)N[C@@H](Cc3ccccc3)[C@@H](O)CNC(C)(C)c3cccc(C(F)(F)F)c3)cc12. The lowest BCUT2D eigenvalue weighted by Gasteiger charge is -2.31. The van der Waals surface area contributed by atoms with Crippen LogP contribution >= 0.6 is 0 Å². The van der Waals surface area contributed by atoms with Crippen LogP contribution in [0.3, 0.4) is 0 Å². The highest BCUT2D eigenvalue weighted by Gasteiger charge is 2.33. The summed E-state index contributed by atoms with van der Waals surface area (Å²) in [7, 11) is 0. The van der Waals surface area contributed by atoms with E-state index in [1.54, 1.807) is 30.9 Å². The molecule has 238 valence electrons. The Labute approximate surface area is 260 Å². The topological polar surface area (TPSA) is 97.5 Å². The molecule has 1 fully saturated rings. The minimum absolute atomic E-state index is 0.00534. The van der Waals surface area contributed by atoms with Gasteiger partial charge in [-0.05, 0) is 74.1 Å². The van der Waals surface area contributed by atoms with Crippen LogP contribution in [0.5, 0.6) is 0 Å². The summed E-state index contributed by atoms with van der Waals surface area (Å²) in [5.74, 6) is -0.390. The molecular weight excluding hydrogens is 581 g/mol. The number of rotatable bonds is 11. The molecule has 5 rings (SSSR count). The van der Waals surface area contributed by atoms with E-state index in [4.69, 9.17) is 0 Å². The van der Waals surface area contributed by atoms with Crippen molar-refractivity contribution >= 4 is 28.4 Å². The summed E-state index contributed by atoms with van der Waals surface area (Å²) in [6, 6.07) is 17.4. The van der Waals surface area contributed by atoms with Gasteiger partial charge in [-0.3, -0.25) is 9.59 Å². The normalized spacial score (nSPS) is 15.4. The number of aliphatic hydroxyl groups is 1. The van der Waals surface area contributed by atoms with E-state index in [1.165, 1.54) is 6.07 Å². The average molecular weight is 621 g/mol. The molecule has 7 nitrogen and oxygen atoms in total. The summed E-state index contributed by atoms with van der Waals surface area (Å²) in [6.45, 7) is 6.10. The Morgan fingerprint density at radius 1 is 1.04 bits per heavy atom. The second kappa shape index (κ2) is 13.1. The Hall–Kier alpha value is -4.15. The van der Waals surface area contributed by atoms with E-state index < -0.39 is 35.3 Å². The lowest BCUT2D eigenvalue weighted by molar-refractivity contribution is -0.137. The molecule has 2 amide bonds. The van der Waals surface area contributed by atoms with Crippen LogP contribution in [0, 0.1) is 0 Å². The molecule has 1 aromatic heterocycles. The number of H-pyrrole nitrogens is 1. The molecule has 1 aliphatic heterocycles. The number of amides is 2. The van der Waals surface area contributed by atoms with Crippen LogP contribution in [-0.4, -0.2) is 47.1 Å². The zero-order chi connectivity index (χ0) is 32.4. The van der Waals surface area contributed by atoms with Crippen molar-refractivity contribution in [2.45, 2.75) is 70.3 Å². The molecule has 1 saturated heterocycles. The van der Waals surface area contributed by atoms with Gasteiger partial charge in [-0.2, -0.15) is 13.2 Å². The summed E-state index contributed by atoms with van der Waals surface area (Å²) in [5, 5.41) is 18.5. The van der Waals surface area contributed by atoms with Crippen LogP contribution in [0.4, 0.5) is 18.9 Å². The number of hydrogen-bond donors (Lipinski definition) is 4. The van der Waals surface area contributed by atoms with Gasteiger partial charge in [0.25, 0.3) is 5.91 Å². The molecule has 0 spiro atoms. The summed E-state index contributed by atoms with van der Waals surface area (Å²) in [4.78, 5) is 31.5. The molecule has 2 atom stereocenters. The molecular formula is C35H39F3N4O3. The van der Waals surface area contributed by atoms with Crippen LogP contribution in [0.2, 0.25) is 0 Å². The standard InChI is InChI=1S/C35H39F3N4O3/c1-4-23-20-39-32-27(23)17-24(18-29(32)42-15-9-14-31(42)44)33(45)41-28(16-22-10-6-5-7-11-22)30(43)21-40-34(2,3)25-12-8-13-26(19-25)35(36,37)38/h5-8,10-13,17-20,28,30,39-40,43H,4,9,14-16,21H2,1-3H3,(H,41,45)/t28-,30-/m0/s1. The first kappa shape index (κ1) is 32.2. The Bertz CT molecular complexity index is 1670. The van der Waals surface area contributed by atoms with Gasteiger partial charge in [0.2, 0.25) is 5.91 Å². The smallest absolute Gasteiger partial charge is 0.390 e. The number of benzene rings is 3. The lowest BCUT2D eigenvalue weighted by atomic mass is 9.92. The van der Waals surface area contributed by atoms with Crippen molar-refractivity contribution in [2.24, 2.45) is 0 Å². The molecule has 4 aromatic rings. The minimum Gasteiger partial charge on any atom is -0.390 e. The molecule has 0 unspecified atom stereocenters. The first-order chi connectivity index (χ1) is 21.4. The van der Waals surface area contributed by atoms with Crippen LogP contribution in [0.15, 0.2) is 72.9 Å². The number of nitrogens with zero attached hydrogens (tertiary/aromatic N) is 1. The van der Waals surface area contributed by atoms with Gasteiger partial charge in [0.05, 0.1) is 28.9 Å². The van der Waals surface area contributed by atoms with Crippen LogP contribution in [0.25, 0.3) is 10.9 Å². The molecule has 4 N–H and O–H groups in total. The maximum absolute atomic E-state index is 13.9. The number of alkyl halides is 3. The van der Waals surface area contributed by atoms with Gasteiger partial charge in [0.1, 0.15) is 0 Å². The second-order valence-electron chi connectivity index (χ2n) is 12.2. The predicted octanol–water partition coefficient (Wildman–Crippen LogP) is 6.10. The summed E-state index contributed by atoms with van der Waals surface area (Å²) >= 11 is 0. The van der Waals surface area contributed by atoms with Crippen LogP contribution in [0.1, 0.15) is 66.2 Å². The van der Waals surface area contributed by atoms with Crippen LogP contribution < -0.4 is 15.5 Å². The number of aliphatic hydroxyl groups excluding tert-OH is 1. The molecule has 10 heteroatoms. The van der Waals surface area contributed by atoms with Crippen molar-refractivity contribution < 1.29 is 27.9 Å². The molecule has 0 saturated carbocycles. The molecule has 1 aliphatic rings. The van der Waals surface area contributed by atoms with Gasteiger partial charge in [-0.1, -0.05) is 49.4 Å². The van der Waals surface area contributed by atoms with Gasteiger partial charge in [-0.15, -0.1) is 0 Å². The van der Waals surface area contributed by atoms with Gasteiger partial charge in [-0.25, -0.2) is 0 Å². The quantitative estimate of drug-likeness (QED) is 0.163. The number of carbonyl (C=O) groups is 2. The second-order valence-corrected chi connectivity index (χ2v) is 12.2. The fraction of sp³-hybridized carbons (Fsp3) is 0.371. The number of aromatic nitrogens is 1. The van der Waals surface area contributed by atoms with Crippen molar-refractivity contribution in [2.75, 3.05) is 18.0 Å². The minimum atomic E-state index is -4.47. The first-order valence-corrected chi connectivity index (χ1v) is 15.3. The van der Waals surface area contributed by atoms with E-state index in [0.29, 0.717) is 36.2 Å². The number of halogens is 3. The molecule has 45 heavy (non-hydrogen) atoms. The Morgan fingerprint density at radius 3 is 2.44 bits per heavy atom. The predicted molar refractivity (Wildman–Crippen MR) is 169 cm³/mol. The fourth-order valence-electron chi connectivity index (χ4n) is 5.90. The largest absolute Gasteiger partial charge is 0.416 e. The number of hydrogen-bond acceptors (Lipinski definition) is 4. The highest BCUT2D eigenvalue weighted by molar-refractivity contribution is 6.08. The van der Waals surface area contributed by atoms with E-state index in [9.17, 15) is 27.9 Å². The van der Waals surface area contributed by atoms with Crippen molar-refractivity contribution in [1.82, 2.24) is 15.6 Å². The maximum atomic E-state index is 13.9. The number of fused-ring (bicyclic) bond motifs is 1. The van der Waals surface area contributed by atoms with Crippen molar-refractivity contribution in [1.29, 1.82) is 0 Å². The van der Waals surface area contributed by atoms with Gasteiger partial charge in [0.15, 0.2) is 0 Å². The third-order valence-electron chi connectivity index (χ3n) is 8.61. The Morgan fingerprint density at radius 2 is 1.78 bits per heavy atom. The van der Waals surface area contributed by atoms with E-state index in [-0.39, 0.29) is 12.5 Å².